The van der Waals surface area contributed by atoms with Crippen molar-refractivity contribution < 1.29 is 14.6 Å². The molecule has 0 radical (unpaired) electrons. The average Bonchev–Trinajstić information content (AvgIpc) is 3.17. The maximum atomic E-state index is 11.3. The van der Waals surface area contributed by atoms with Gasteiger partial charge in [0, 0.05) is 18.0 Å². The normalized spacial score (nSPS) is 16.8. The Hall–Kier alpha value is -2.28. The lowest BCUT2D eigenvalue weighted by atomic mass is 9.97. The van der Waals surface area contributed by atoms with Crippen LogP contribution in [0.1, 0.15) is 41.0 Å². The van der Waals surface area contributed by atoms with Gasteiger partial charge in [-0.3, -0.25) is 4.79 Å². The van der Waals surface area contributed by atoms with Crippen LogP contribution in [0.2, 0.25) is 0 Å². The molecule has 6 heteroatoms. The van der Waals surface area contributed by atoms with Gasteiger partial charge >= 0.3 is 0 Å². The molecule has 1 aliphatic heterocycles. The van der Waals surface area contributed by atoms with Crippen molar-refractivity contribution in [1.29, 1.82) is 0 Å². The maximum Gasteiger partial charge on any atom is 0.159 e. The predicted octanol–water partition coefficient (Wildman–Crippen LogP) is 4.12. The predicted molar refractivity (Wildman–Crippen MR) is 116 cm³/mol. The number of hydrogen-bond acceptors (Lipinski definition) is 6. The van der Waals surface area contributed by atoms with Crippen LogP contribution in [0.4, 0.5) is 0 Å². The Labute approximate surface area is 175 Å². The zero-order valence-corrected chi connectivity index (χ0v) is 17.4. The molecule has 0 spiro atoms. The molecule has 1 atom stereocenters. The summed E-state index contributed by atoms with van der Waals surface area (Å²) < 4.78 is 6.93. The number of piperidine rings is 1. The number of para-hydroxylation sites is 1. The number of β-amino-alcohol motifs (C(OH)–C–C–N with tert-alkyl or cyclic N) is 1. The van der Waals surface area contributed by atoms with Gasteiger partial charge in [-0.1, -0.05) is 12.1 Å². The highest BCUT2D eigenvalue weighted by atomic mass is 32.1. The molecule has 1 fully saturated rings. The molecular formula is C23H26N2O3S. The van der Waals surface area contributed by atoms with E-state index in [1.165, 1.54) is 9.71 Å². The molecule has 2 aromatic carbocycles. The number of ether oxygens (including phenoxy) is 1. The number of hydrogen-bond donors (Lipinski definition) is 1. The Kier molecular flexibility index (Phi) is 6.23. The summed E-state index contributed by atoms with van der Waals surface area (Å²) in [4.78, 5) is 18.4. The lowest BCUT2D eigenvalue weighted by Crippen LogP contribution is -2.40. The topological polar surface area (TPSA) is 62.7 Å². The van der Waals surface area contributed by atoms with Crippen molar-refractivity contribution in [3.8, 4) is 5.75 Å². The van der Waals surface area contributed by atoms with Crippen LogP contribution in [0.5, 0.6) is 5.75 Å². The summed E-state index contributed by atoms with van der Waals surface area (Å²) in [5.41, 5.74) is 1.76. The van der Waals surface area contributed by atoms with E-state index in [2.05, 4.69) is 23.1 Å². The summed E-state index contributed by atoms with van der Waals surface area (Å²) in [5.74, 6) is 1.21. The molecule has 3 aromatic rings. The highest BCUT2D eigenvalue weighted by Gasteiger charge is 2.24. The molecule has 152 valence electrons. The van der Waals surface area contributed by atoms with Crippen molar-refractivity contribution in [3.63, 3.8) is 0 Å². The molecule has 1 aliphatic rings. The third kappa shape index (κ3) is 5.01. The fraction of sp³-hybridized carbons (Fsp3) is 0.391. The molecule has 0 amide bonds. The van der Waals surface area contributed by atoms with Gasteiger partial charge in [0.05, 0.1) is 15.2 Å². The number of aliphatic hydroxyl groups is 1. The Morgan fingerprint density at radius 2 is 1.93 bits per heavy atom. The number of Topliss-reactive ketones (excluding diaryl/α,β-unsaturated/α-hetero) is 1. The maximum absolute atomic E-state index is 11.3. The summed E-state index contributed by atoms with van der Waals surface area (Å²) in [6.45, 7) is 4.32. The summed E-state index contributed by atoms with van der Waals surface area (Å²) in [6, 6.07) is 15.3. The Morgan fingerprint density at radius 3 is 2.62 bits per heavy atom. The Bertz CT molecular complexity index is 929. The number of rotatable bonds is 7. The van der Waals surface area contributed by atoms with Crippen LogP contribution in [0.3, 0.4) is 0 Å². The number of carbonyl (C=O) groups is 1. The van der Waals surface area contributed by atoms with Crippen molar-refractivity contribution >= 4 is 27.3 Å². The molecule has 1 saturated heterocycles. The van der Waals surface area contributed by atoms with Crippen LogP contribution in [-0.4, -0.2) is 53.1 Å². The minimum Gasteiger partial charge on any atom is -0.491 e. The van der Waals surface area contributed by atoms with Gasteiger partial charge in [-0.2, -0.15) is 0 Å². The standard InChI is InChI=1S/C23H26N2O3S/c1-16(26)17-6-8-20(9-7-17)28-15-19(27)14-25-12-10-18(11-13-25)23-24-21-4-2-3-5-22(21)29-23/h2-9,18-19,27H,10-15H2,1H3/t19-/m0/s1. The number of nitrogens with zero attached hydrogens (tertiary/aromatic N) is 2. The van der Waals surface area contributed by atoms with Crippen molar-refractivity contribution in [1.82, 2.24) is 9.88 Å². The van der Waals surface area contributed by atoms with E-state index < -0.39 is 6.10 Å². The van der Waals surface area contributed by atoms with Crippen LogP contribution in [-0.2, 0) is 0 Å². The zero-order chi connectivity index (χ0) is 20.2. The molecule has 0 bridgehead atoms. The molecule has 1 N–H and O–H groups in total. The first-order valence-corrected chi connectivity index (χ1v) is 10.9. The molecule has 0 unspecified atom stereocenters. The van der Waals surface area contributed by atoms with Gasteiger partial charge in [0.25, 0.3) is 0 Å². The molecule has 1 aromatic heterocycles. The number of likely N-dealkylation sites (tertiary alicyclic amines) is 1. The molecule has 0 aliphatic carbocycles. The quantitative estimate of drug-likeness (QED) is 0.594. The van der Waals surface area contributed by atoms with Gasteiger partial charge in [-0.25, -0.2) is 4.98 Å². The first-order valence-electron chi connectivity index (χ1n) is 10.1. The number of benzene rings is 2. The summed E-state index contributed by atoms with van der Waals surface area (Å²) >= 11 is 1.81. The first-order chi connectivity index (χ1) is 14.1. The van der Waals surface area contributed by atoms with E-state index in [4.69, 9.17) is 9.72 Å². The van der Waals surface area contributed by atoms with Crippen LogP contribution < -0.4 is 4.74 Å². The van der Waals surface area contributed by atoms with Crippen molar-refractivity contribution in [2.24, 2.45) is 0 Å². The van der Waals surface area contributed by atoms with Crippen LogP contribution >= 0.6 is 11.3 Å². The van der Waals surface area contributed by atoms with Crippen LogP contribution in [0.25, 0.3) is 10.2 Å². The van der Waals surface area contributed by atoms with Crippen LogP contribution in [0.15, 0.2) is 48.5 Å². The average molecular weight is 411 g/mol. The SMILES string of the molecule is CC(=O)c1ccc(OC[C@@H](O)CN2CCC(c3nc4ccccc4s3)CC2)cc1. The number of carbonyl (C=O) groups excluding carboxylic acids is 1. The smallest absolute Gasteiger partial charge is 0.159 e. The number of aliphatic hydroxyl groups excluding tert-OH is 1. The minimum atomic E-state index is -0.540. The van der Waals surface area contributed by atoms with E-state index in [1.54, 1.807) is 31.2 Å². The largest absolute Gasteiger partial charge is 0.491 e. The van der Waals surface area contributed by atoms with E-state index in [9.17, 15) is 9.90 Å². The van der Waals surface area contributed by atoms with Gasteiger partial charge in [0.15, 0.2) is 5.78 Å². The van der Waals surface area contributed by atoms with E-state index in [0.717, 1.165) is 31.4 Å². The molecule has 2 heterocycles. The second kappa shape index (κ2) is 9.03. The summed E-state index contributed by atoms with van der Waals surface area (Å²) in [7, 11) is 0. The number of thiazole rings is 1. The lowest BCUT2D eigenvalue weighted by Gasteiger charge is -2.32. The van der Waals surface area contributed by atoms with Gasteiger partial charge < -0.3 is 14.7 Å². The van der Waals surface area contributed by atoms with E-state index in [0.29, 0.717) is 23.8 Å². The van der Waals surface area contributed by atoms with Crippen molar-refractivity contribution in [2.75, 3.05) is 26.2 Å². The molecule has 29 heavy (non-hydrogen) atoms. The lowest BCUT2D eigenvalue weighted by molar-refractivity contribution is 0.0594. The minimum absolute atomic E-state index is 0.0332. The molecule has 5 nitrogen and oxygen atoms in total. The second-order valence-electron chi connectivity index (χ2n) is 7.64. The molecule has 0 saturated carbocycles. The number of fused-ring (bicyclic) bond motifs is 1. The molecule has 4 rings (SSSR count). The monoisotopic (exact) mass is 410 g/mol. The van der Waals surface area contributed by atoms with Crippen molar-refractivity contribution in [3.05, 3.63) is 59.1 Å². The fourth-order valence-corrected chi connectivity index (χ4v) is 4.89. The van der Waals surface area contributed by atoms with Gasteiger partial charge in [0.2, 0.25) is 0 Å². The van der Waals surface area contributed by atoms with Gasteiger partial charge in [-0.15, -0.1) is 11.3 Å². The van der Waals surface area contributed by atoms with E-state index in [-0.39, 0.29) is 12.4 Å². The highest BCUT2D eigenvalue weighted by Crippen LogP contribution is 2.33. The van der Waals surface area contributed by atoms with Crippen molar-refractivity contribution in [2.45, 2.75) is 31.8 Å². The van der Waals surface area contributed by atoms with Crippen LogP contribution in [0, 0.1) is 0 Å². The van der Waals surface area contributed by atoms with Gasteiger partial charge in [-0.05, 0) is 69.3 Å². The zero-order valence-electron chi connectivity index (χ0n) is 16.6. The first kappa shape index (κ1) is 20.0. The third-order valence-electron chi connectivity index (χ3n) is 5.42. The fourth-order valence-electron chi connectivity index (χ4n) is 3.76. The summed E-state index contributed by atoms with van der Waals surface area (Å²) in [5, 5.41) is 11.6. The highest BCUT2D eigenvalue weighted by molar-refractivity contribution is 7.18. The van der Waals surface area contributed by atoms with E-state index >= 15 is 0 Å². The second-order valence-corrected chi connectivity index (χ2v) is 8.70. The van der Waals surface area contributed by atoms with Gasteiger partial charge in [0.1, 0.15) is 18.5 Å². The Balaban J connectivity index is 1.23. The molecular weight excluding hydrogens is 384 g/mol. The number of aromatic nitrogens is 1. The number of ketones is 1. The summed E-state index contributed by atoms with van der Waals surface area (Å²) in [6.07, 6.45) is 1.60. The van der Waals surface area contributed by atoms with E-state index in [1.807, 2.05) is 17.4 Å². The Morgan fingerprint density at radius 1 is 1.21 bits per heavy atom. The third-order valence-corrected chi connectivity index (χ3v) is 6.62.